The molecular weight excluding hydrogens is 398 g/mol. The van der Waals surface area contributed by atoms with Crippen molar-refractivity contribution < 1.29 is 9.53 Å². The summed E-state index contributed by atoms with van der Waals surface area (Å²) in [5.74, 6) is -0.0745. The predicted octanol–water partition coefficient (Wildman–Crippen LogP) is 4.42. The Bertz CT molecular complexity index is 1250. The second kappa shape index (κ2) is 8.68. The van der Waals surface area contributed by atoms with Crippen LogP contribution in [0.3, 0.4) is 0 Å². The molecule has 30 heavy (non-hydrogen) atoms. The van der Waals surface area contributed by atoms with Crippen molar-refractivity contribution in [1.29, 1.82) is 5.26 Å². The summed E-state index contributed by atoms with van der Waals surface area (Å²) in [6.45, 7) is 0.147. The number of carbonyl (C=O) groups excluding carboxylic acids is 1. The lowest BCUT2D eigenvalue weighted by Crippen LogP contribution is -2.15. The van der Waals surface area contributed by atoms with Crippen molar-refractivity contribution in [3.05, 3.63) is 83.6 Å². The second-order valence-corrected chi connectivity index (χ2v) is 7.12. The normalized spacial score (nSPS) is 10.5. The highest BCUT2D eigenvalue weighted by Crippen LogP contribution is 2.30. The molecule has 0 aliphatic carbocycles. The van der Waals surface area contributed by atoms with E-state index in [4.69, 9.17) is 4.74 Å². The number of benzene rings is 2. The van der Waals surface area contributed by atoms with Gasteiger partial charge >= 0.3 is 5.97 Å². The van der Waals surface area contributed by atoms with Crippen LogP contribution in [0, 0.1) is 11.3 Å². The quantitative estimate of drug-likeness (QED) is 0.283. The molecule has 2 aromatic heterocycles. The molecule has 8 heteroatoms. The van der Waals surface area contributed by atoms with Crippen molar-refractivity contribution in [3.8, 4) is 6.07 Å². The Morgan fingerprint density at radius 3 is 2.80 bits per heavy atom. The van der Waals surface area contributed by atoms with Crippen LogP contribution in [0.5, 0.6) is 0 Å². The van der Waals surface area contributed by atoms with E-state index in [1.807, 2.05) is 42.7 Å². The van der Waals surface area contributed by atoms with Crippen LogP contribution in [0.4, 0.5) is 11.5 Å². The number of aromatic nitrogens is 3. The molecule has 0 saturated carbocycles. The van der Waals surface area contributed by atoms with Gasteiger partial charge in [-0.25, -0.2) is 9.78 Å². The van der Waals surface area contributed by atoms with E-state index >= 15 is 0 Å². The number of nitriles is 1. The average molecular weight is 415 g/mol. The van der Waals surface area contributed by atoms with E-state index in [0.717, 1.165) is 5.56 Å². The van der Waals surface area contributed by atoms with E-state index in [0.29, 0.717) is 27.7 Å². The molecular formula is C22H17N5O2S. The molecule has 1 N–H and O–H groups in total. The predicted molar refractivity (Wildman–Crippen MR) is 115 cm³/mol. The molecule has 0 saturated heterocycles. The summed E-state index contributed by atoms with van der Waals surface area (Å²) >= 11 is 1.35. The second-order valence-electron chi connectivity index (χ2n) is 6.33. The van der Waals surface area contributed by atoms with Crippen molar-refractivity contribution in [2.45, 2.75) is 11.6 Å². The minimum Gasteiger partial charge on any atom is -0.457 e. The van der Waals surface area contributed by atoms with Gasteiger partial charge < -0.3 is 10.1 Å². The van der Waals surface area contributed by atoms with Gasteiger partial charge in [-0.1, -0.05) is 36.4 Å². The van der Waals surface area contributed by atoms with Gasteiger partial charge in [0.25, 0.3) is 0 Å². The molecule has 0 aliphatic heterocycles. The molecule has 0 amide bonds. The van der Waals surface area contributed by atoms with Gasteiger partial charge in [0.15, 0.2) is 11.5 Å². The zero-order chi connectivity index (χ0) is 20.9. The number of nitrogens with one attached hydrogen (secondary N) is 1. The lowest BCUT2D eigenvalue weighted by atomic mass is 10.2. The molecule has 0 fully saturated rings. The summed E-state index contributed by atoms with van der Waals surface area (Å²) in [4.78, 5) is 17.6. The third-order valence-electron chi connectivity index (χ3n) is 4.37. The van der Waals surface area contributed by atoms with E-state index in [9.17, 15) is 10.1 Å². The molecule has 0 unspecified atom stereocenters. The number of hydrogen-bond donors (Lipinski definition) is 1. The zero-order valence-corrected chi connectivity index (χ0v) is 16.9. The number of anilines is 2. The largest absolute Gasteiger partial charge is 0.457 e. The van der Waals surface area contributed by atoms with Crippen LogP contribution >= 0.6 is 11.8 Å². The van der Waals surface area contributed by atoms with E-state index in [1.54, 1.807) is 35.0 Å². The number of esters is 1. The van der Waals surface area contributed by atoms with Crippen LogP contribution in [-0.2, 0) is 11.3 Å². The van der Waals surface area contributed by atoms with Gasteiger partial charge in [0.1, 0.15) is 17.2 Å². The maximum atomic E-state index is 13.1. The summed E-state index contributed by atoms with van der Waals surface area (Å²) in [6, 6.07) is 20.3. The Kier molecular flexibility index (Phi) is 5.63. The van der Waals surface area contributed by atoms with E-state index in [2.05, 4.69) is 21.5 Å². The summed E-state index contributed by atoms with van der Waals surface area (Å²) < 4.78 is 7.13. The van der Waals surface area contributed by atoms with Crippen LogP contribution in [0.25, 0.3) is 5.65 Å². The third-order valence-corrected chi connectivity index (χ3v) is 5.05. The molecule has 0 spiro atoms. The molecule has 148 valence electrons. The summed E-state index contributed by atoms with van der Waals surface area (Å²) in [6.07, 6.45) is 3.46. The van der Waals surface area contributed by atoms with Crippen LogP contribution in [0.2, 0.25) is 0 Å². The first-order chi connectivity index (χ1) is 14.7. The Hall–Kier alpha value is -3.83. The molecule has 7 nitrogen and oxygen atoms in total. The standard InChI is InChI=1S/C22H17N5O2S/c1-30-21-19(22(28)29-14-15-6-3-2-4-7-15)20(27-18(26-21)10-11-24-27)25-17-9-5-8-16(12-17)13-23/h2-12,25H,14H2,1H3. The van der Waals surface area contributed by atoms with Gasteiger partial charge in [-0.15, -0.1) is 11.8 Å². The van der Waals surface area contributed by atoms with Gasteiger partial charge in [0.2, 0.25) is 0 Å². The minimum atomic E-state index is -0.507. The van der Waals surface area contributed by atoms with Crippen molar-refractivity contribution in [1.82, 2.24) is 14.6 Å². The topological polar surface area (TPSA) is 92.3 Å². The van der Waals surface area contributed by atoms with Gasteiger partial charge in [-0.05, 0) is 30.0 Å². The number of carbonyl (C=O) groups is 1. The number of nitrogens with zero attached hydrogens (tertiary/aromatic N) is 4. The van der Waals surface area contributed by atoms with Crippen LogP contribution in [-0.4, -0.2) is 26.8 Å². The fraction of sp³-hybridized carbons (Fsp3) is 0.0909. The molecule has 2 aromatic carbocycles. The Labute approximate surface area is 177 Å². The maximum absolute atomic E-state index is 13.1. The maximum Gasteiger partial charge on any atom is 0.345 e. The highest BCUT2D eigenvalue weighted by Gasteiger charge is 2.24. The highest BCUT2D eigenvalue weighted by molar-refractivity contribution is 7.98. The first kappa shape index (κ1) is 19.5. The first-order valence-electron chi connectivity index (χ1n) is 9.09. The van der Waals surface area contributed by atoms with E-state index in [-0.39, 0.29) is 12.2 Å². The van der Waals surface area contributed by atoms with Gasteiger partial charge in [0, 0.05) is 11.8 Å². The molecule has 4 rings (SSSR count). The molecule has 0 bridgehead atoms. The SMILES string of the molecule is CSc1nc2ccnn2c(Nc2cccc(C#N)c2)c1C(=O)OCc1ccccc1. The fourth-order valence-corrected chi connectivity index (χ4v) is 3.54. The monoisotopic (exact) mass is 415 g/mol. The molecule has 0 aliphatic rings. The summed E-state index contributed by atoms with van der Waals surface area (Å²) in [5, 5.41) is 17.2. The van der Waals surface area contributed by atoms with Crippen LogP contribution < -0.4 is 5.32 Å². The first-order valence-corrected chi connectivity index (χ1v) is 10.3. The Morgan fingerprint density at radius 1 is 1.20 bits per heavy atom. The Balaban J connectivity index is 1.75. The fourth-order valence-electron chi connectivity index (χ4n) is 2.97. The summed E-state index contributed by atoms with van der Waals surface area (Å²) in [5.41, 5.74) is 2.93. The number of rotatable bonds is 6. The van der Waals surface area contributed by atoms with E-state index < -0.39 is 5.97 Å². The lowest BCUT2D eigenvalue weighted by molar-refractivity contribution is 0.0468. The summed E-state index contributed by atoms with van der Waals surface area (Å²) in [7, 11) is 0. The van der Waals surface area contributed by atoms with Crippen molar-refractivity contribution in [2.24, 2.45) is 0 Å². The zero-order valence-electron chi connectivity index (χ0n) is 16.1. The molecule has 0 atom stereocenters. The van der Waals surface area contributed by atoms with Crippen LogP contribution in [0.15, 0.2) is 71.9 Å². The van der Waals surface area contributed by atoms with Gasteiger partial charge in [-0.2, -0.15) is 14.9 Å². The lowest BCUT2D eigenvalue weighted by Gasteiger charge is -2.16. The van der Waals surface area contributed by atoms with Crippen LogP contribution in [0.1, 0.15) is 21.5 Å². The molecule has 4 aromatic rings. The van der Waals surface area contributed by atoms with E-state index in [1.165, 1.54) is 11.8 Å². The molecule has 2 heterocycles. The van der Waals surface area contributed by atoms with Crippen molar-refractivity contribution in [3.63, 3.8) is 0 Å². The number of fused-ring (bicyclic) bond motifs is 1. The minimum absolute atomic E-state index is 0.147. The van der Waals surface area contributed by atoms with Gasteiger partial charge in [-0.3, -0.25) is 0 Å². The smallest absolute Gasteiger partial charge is 0.345 e. The Morgan fingerprint density at radius 2 is 2.03 bits per heavy atom. The number of thioether (sulfide) groups is 1. The highest BCUT2D eigenvalue weighted by atomic mass is 32.2. The number of hydrogen-bond acceptors (Lipinski definition) is 7. The number of ether oxygens (including phenoxy) is 1. The third kappa shape index (κ3) is 3.97. The van der Waals surface area contributed by atoms with Crippen molar-refractivity contribution in [2.75, 3.05) is 11.6 Å². The average Bonchev–Trinajstić information content (AvgIpc) is 3.26. The van der Waals surface area contributed by atoms with Crippen molar-refractivity contribution >= 4 is 34.9 Å². The van der Waals surface area contributed by atoms with Gasteiger partial charge in [0.05, 0.1) is 17.8 Å². The molecule has 0 radical (unpaired) electrons.